The molecule has 3 N–H and O–H groups in total. The van der Waals surface area contributed by atoms with Crippen LogP contribution in [0, 0.1) is 22.7 Å². The van der Waals surface area contributed by atoms with Crippen LogP contribution in [-0.2, 0) is 16.6 Å². The lowest BCUT2D eigenvalue weighted by Gasteiger charge is -2.67. The Morgan fingerprint density at radius 2 is 1.84 bits per heavy atom. The molecule has 3 fully saturated rings. The number of benzene rings is 1. The van der Waals surface area contributed by atoms with Gasteiger partial charge in [-0.1, -0.05) is 39.0 Å². The van der Waals surface area contributed by atoms with Gasteiger partial charge in [-0.05, 0) is 74.8 Å². The van der Waals surface area contributed by atoms with Gasteiger partial charge in [-0.3, -0.25) is 0 Å². The number of hydrogen-bond donors (Lipinski definition) is 3. The Morgan fingerprint density at radius 3 is 2.59 bits per heavy atom. The van der Waals surface area contributed by atoms with Crippen molar-refractivity contribution in [2.24, 2.45) is 22.7 Å². The lowest BCUT2D eigenvalue weighted by atomic mass is 9.39. The first kappa shape index (κ1) is 21.2. The average molecular weight is 438 g/mol. The molecule has 1 aromatic carbocycles. The third-order valence-corrected chi connectivity index (χ3v) is 11.0. The zero-order valence-corrected chi connectivity index (χ0v) is 20.2. The Bertz CT molecular complexity index is 1070. The van der Waals surface area contributed by atoms with Crippen molar-refractivity contribution in [3.8, 4) is 0 Å². The number of fused-ring (bicyclic) bond motifs is 9. The summed E-state index contributed by atoms with van der Waals surface area (Å²) < 4.78 is 6.57. The third-order valence-electron chi connectivity index (χ3n) is 11.0. The van der Waals surface area contributed by atoms with Crippen molar-refractivity contribution in [1.29, 1.82) is 0 Å². The molecule has 0 amide bonds. The van der Waals surface area contributed by atoms with E-state index in [9.17, 15) is 10.2 Å². The lowest BCUT2D eigenvalue weighted by molar-refractivity contribution is -0.280. The van der Waals surface area contributed by atoms with Gasteiger partial charge < -0.3 is 19.9 Å². The Morgan fingerprint density at radius 1 is 1.09 bits per heavy atom. The van der Waals surface area contributed by atoms with E-state index in [1.165, 1.54) is 28.6 Å². The number of H-pyrrole nitrogens is 1. The van der Waals surface area contributed by atoms with Crippen molar-refractivity contribution in [2.45, 2.75) is 102 Å². The maximum atomic E-state index is 11.6. The van der Waals surface area contributed by atoms with E-state index in [-0.39, 0.29) is 28.5 Å². The standard InChI is InChI=1S/C28H39NO3/c1-25(2,31)23-15-21(30)27(4)20-11-10-16-14-18-17-8-6-7-9-19(17)29-24(18)28(16,5)26(20,3)13-12-22(27)32-23/h6-9,16,20-23,29-31H,10-15H2,1-5H3/t16-,20-,21+,22-,23-,26-,27+,28+/m0/s1. The van der Waals surface area contributed by atoms with Gasteiger partial charge in [-0.25, -0.2) is 0 Å². The second-order valence-corrected chi connectivity index (χ2v) is 12.6. The second-order valence-electron chi connectivity index (χ2n) is 12.6. The van der Waals surface area contributed by atoms with Gasteiger partial charge in [0.15, 0.2) is 0 Å². The van der Waals surface area contributed by atoms with Gasteiger partial charge in [-0.15, -0.1) is 0 Å². The van der Waals surface area contributed by atoms with E-state index in [0.29, 0.717) is 18.3 Å². The van der Waals surface area contributed by atoms with Crippen LogP contribution in [0.15, 0.2) is 24.3 Å². The van der Waals surface area contributed by atoms with Crippen LogP contribution in [0.4, 0.5) is 0 Å². The van der Waals surface area contributed by atoms with Crippen LogP contribution in [0.5, 0.6) is 0 Å². The molecule has 2 heterocycles. The van der Waals surface area contributed by atoms with Crippen LogP contribution >= 0.6 is 0 Å². The smallest absolute Gasteiger partial charge is 0.0885 e. The lowest BCUT2D eigenvalue weighted by Crippen LogP contribution is -2.68. The topological polar surface area (TPSA) is 65.5 Å². The highest BCUT2D eigenvalue weighted by atomic mass is 16.5. The Kier molecular flexibility index (Phi) is 4.24. The minimum Gasteiger partial charge on any atom is -0.392 e. The molecule has 2 aromatic rings. The first-order valence-corrected chi connectivity index (χ1v) is 12.7. The number of ether oxygens (including phenoxy) is 1. The molecule has 0 unspecified atom stereocenters. The number of aliphatic hydroxyl groups excluding tert-OH is 1. The molecule has 6 rings (SSSR count). The summed E-state index contributed by atoms with van der Waals surface area (Å²) >= 11 is 0. The Hall–Kier alpha value is -1.36. The van der Waals surface area contributed by atoms with Crippen molar-refractivity contribution in [3.05, 3.63) is 35.5 Å². The first-order chi connectivity index (χ1) is 15.0. The predicted molar refractivity (Wildman–Crippen MR) is 127 cm³/mol. The molecule has 0 radical (unpaired) electrons. The molecule has 4 aliphatic rings. The molecule has 4 nitrogen and oxygen atoms in total. The summed E-state index contributed by atoms with van der Waals surface area (Å²) in [6.07, 6.45) is 5.33. The van der Waals surface area contributed by atoms with Crippen molar-refractivity contribution >= 4 is 10.9 Å². The van der Waals surface area contributed by atoms with Crippen molar-refractivity contribution in [2.75, 3.05) is 0 Å². The fraction of sp³-hybridized carbons (Fsp3) is 0.714. The SMILES string of the molecule is CC(C)(O)[C@@H]1C[C@@H](O)[C@]2(C)[C@H](CC[C@@]3(C)[C@@H]2CC[C@H]2Cc4c([nH]c5ccccc45)[C@@]23C)O1. The summed E-state index contributed by atoms with van der Waals surface area (Å²) in [6.45, 7) is 10.9. The molecular weight excluding hydrogens is 398 g/mol. The van der Waals surface area contributed by atoms with Gasteiger partial charge in [0.1, 0.15) is 0 Å². The number of aromatic nitrogens is 1. The van der Waals surface area contributed by atoms with Crippen LogP contribution in [0.2, 0.25) is 0 Å². The monoisotopic (exact) mass is 437 g/mol. The highest BCUT2D eigenvalue weighted by Gasteiger charge is 2.69. The van der Waals surface area contributed by atoms with Crippen LogP contribution in [-0.4, -0.2) is 39.1 Å². The first-order valence-electron chi connectivity index (χ1n) is 12.7. The Balaban J connectivity index is 1.44. The maximum Gasteiger partial charge on any atom is 0.0885 e. The minimum absolute atomic E-state index is 0.00416. The highest BCUT2D eigenvalue weighted by Crippen LogP contribution is 2.71. The normalized spacial score (nSPS) is 45.8. The number of nitrogens with one attached hydrogen (secondary N) is 1. The van der Waals surface area contributed by atoms with Gasteiger partial charge in [0, 0.05) is 33.8 Å². The third kappa shape index (κ3) is 2.39. The van der Waals surface area contributed by atoms with E-state index in [2.05, 4.69) is 50.0 Å². The number of hydrogen-bond acceptors (Lipinski definition) is 3. The fourth-order valence-corrected chi connectivity index (χ4v) is 8.93. The summed E-state index contributed by atoms with van der Waals surface area (Å²) in [6, 6.07) is 8.77. The molecule has 1 saturated heterocycles. The van der Waals surface area contributed by atoms with Crippen LogP contribution < -0.4 is 0 Å². The molecule has 0 bridgehead atoms. The minimum atomic E-state index is -0.933. The fourth-order valence-electron chi connectivity index (χ4n) is 8.93. The molecule has 1 aromatic heterocycles. The van der Waals surface area contributed by atoms with Crippen LogP contribution in [0.25, 0.3) is 10.9 Å². The number of aliphatic hydroxyl groups is 2. The summed E-state index contributed by atoms with van der Waals surface area (Å²) in [5.74, 6) is 1.05. The van der Waals surface area contributed by atoms with Gasteiger partial charge in [0.2, 0.25) is 0 Å². The average Bonchev–Trinajstić information content (AvgIpc) is 3.23. The molecule has 174 valence electrons. The van der Waals surface area contributed by atoms with E-state index in [1.807, 2.05) is 13.8 Å². The molecule has 3 aliphatic carbocycles. The molecule has 2 saturated carbocycles. The summed E-state index contributed by atoms with van der Waals surface area (Å²) in [5.41, 5.74) is 3.21. The summed E-state index contributed by atoms with van der Waals surface area (Å²) in [5, 5.41) is 23.6. The van der Waals surface area contributed by atoms with Gasteiger partial charge in [0.05, 0.1) is 23.9 Å². The maximum absolute atomic E-state index is 11.6. The van der Waals surface area contributed by atoms with Gasteiger partial charge in [0.25, 0.3) is 0 Å². The summed E-state index contributed by atoms with van der Waals surface area (Å²) in [7, 11) is 0. The van der Waals surface area contributed by atoms with E-state index < -0.39 is 11.7 Å². The number of rotatable bonds is 1. The molecular formula is C28H39NO3. The predicted octanol–water partition coefficient (Wildman–Crippen LogP) is 5.10. The van der Waals surface area contributed by atoms with Gasteiger partial charge >= 0.3 is 0 Å². The van der Waals surface area contributed by atoms with E-state index in [0.717, 1.165) is 25.7 Å². The zero-order chi connectivity index (χ0) is 22.7. The van der Waals surface area contributed by atoms with Crippen LogP contribution in [0.3, 0.4) is 0 Å². The largest absolute Gasteiger partial charge is 0.392 e. The molecule has 0 spiro atoms. The van der Waals surface area contributed by atoms with Crippen LogP contribution in [0.1, 0.15) is 78.0 Å². The van der Waals surface area contributed by atoms with E-state index >= 15 is 0 Å². The van der Waals surface area contributed by atoms with Crippen molar-refractivity contribution < 1.29 is 14.9 Å². The molecule has 1 aliphatic heterocycles. The number of aromatic amines is 1. The number of para-hydroxylation sites is 1. The van der Waals surface area contributed by atoms with E-state index in [4.69, 9.17) is 4.74 Å². The van der Waals surface area contributed by atoms with Crippen molar-refractivity contribution in [3.63, 3.8) is 0 Å². The molecule has 8 atom stereocenters. The quantitative estimate of drug-likeness (QED) is 0.581. The summed E-state index contributed by atoms with van der Waals surface area (Å²) in [4.78, 5) is 3.87. The second kappa shape index (κ2) is 6.40. The van der Waals surface area contributed by atoms with Crippen molar-refractivity contribution in [1.82, 2.24) is 4.98 Å². The molecule has 4 heteroatoms. The van der Waals surface area contributed by atoms with E-state index in [1.54, 1.807) is 0 Å². The highest BCUT2D eigenvalue weighted by molar-refractivity contribution is 5.86. The van der Waals surface area contributed by atoms with Gasteiger partial charge in [-0.2, -0.15) is 0 Å². The zero-order valence-electron chi connectivity index (χ0n) is 20.2. The Labute approximate surface area is 191 Å². The molecule has 32 heavy (non-hydrogen) atoms.